The Morgan fingerprint density at radius 2 is 1.97 bits per heavy atom. The van der Waals surface area contributed by atoms with E-state index in [1.165, 1.54) is 36.9 Å². The largest absolute Gasteiger partial charge is 0.487 e. The highest BCUT2D eigenvalue weighted by atomic mass is 32.1. The molecule has 0 saturated carbocycles. The second-order valence-corrected chi connectivity index (χ2v) is 8.42. The van der Waals surface area contributed by atoms with Gasteiger partial charge in [0.2, 0.25) is 0 Å². The number of aliphatic carboxylic acids is 1. The van der Waals surface area contributed by atoms with Gasteiger partial charge in [-0.25, -0.2) is 19.2 Å². The minimum absolute atomic E-state index is 0.147. The summed E-state index contributed by atoms with van der Waals surface area (Å²) in [5.74, 6) is -0.752. The molecule has 0 saturated heterocycles. The number of nitrogens with one attached hydrogen (secondary N) is 1. The summed E-state index contributed by atoms with van der Waals surface area (Å²) in [7, 11) is 5.23. The van der Waals surface area contributed by atoms with Crippen LogP contribution in [0.25, 0.3) is 10.2 Å². The van der Waals surface area contributed by atoms with Gasteiger partial charge in [0.15, 0.2) is 0 Å². The number of fused-ring (bicyclic) bond motifs is 1. The topological polar surface area (TPSA) is 114 Å². The van der Waals surface area contributed by atoms with Crippen LogP contribution in [0.4, 0.5) is 15.9 Å². The molecule has 3 rings (SSSR count). The summed E-state index contributed by atoms with van der Waals surface area (Å²) in [4.78, 5) is 32.7. The smallest absolute Gasteiger partial charge is 0.348 e. The number of aryl methyl sites for hydroxylation is 1. The number of ether oxygens (including phenoxy) is 2. The van der Waals surface area contributed by atoms with E-state index >= 15 is 0 Å². The highest BCUT2D eigenvalue weighted by Crippen LogP contribution is 2.36. The van der Waals surface area contributed by atoms with E-state index in [1.807, 2.05) is 32.8 Å². The van der Waals surface area contributed by atoms with Gasteiger partial charge >= 0.3 is 5.97 Å². The summed E-state index contributed by atoms with van der Waals surface area (Å²) < 4.78 is 24.7. The first-order valence-corrected chi connectivity index (χ1v) is 10.7. The number of methoxy groups -OCH3 is 1. The van der Waals surface area contributed by atoms with Crippen molar-refractivity contribution in [2.24, 2.45) is 0 Å². The van der Waals surface area contributed by atoms with Gasteiger partial charge in [-0.15, -0.1) is 11.3 Å². The third-order valence-corrected chi connectivity index (χ3v) is 5.42. The summed E-state index contributed by atoms with van der Waals surface area (Å²) in [6, 6.07) is 4.29. The van der Waals surface area contributed by atoms with Crippen molar-refractivity contribution in [2.75, 3.05) is 33.1 Å². The Kier molecular flexibility index (Phi) is 9.06. The Morgan fingerprint density at radius 1 is 1.30 bits per heavy atom. The number of esters is 1. The van der Waals surface area contributed by atoms with Gasteiger partial charge < -0.3 is 24.8 Å². The molecule has 0 bridgehead atoms. The molecule has 0 aliphatic heterocycles. The molecule has 2 N–H and O–H groups in total. The molecule has 1 aromatic carbocycles. The number of hydrogen-bond donors (Lipinski definition) is 2. The highest BCUT2D eigenvalue weighted by molar-refractivity contribution is 7.20. The molecule has 1 unspecified atom stereocenters. The molecule has 9 nitrogen and oxygen atoms in total. The standard InChI is InChI=1S/C20H23FN4O3S.C2H4O2/c1-11(9-25(3)4)28-15-8-13(21)6-7-14(15)24-18-16-12(2)17(20(26)27-5)29-19(16)23-10-22-18;1-2(3)4/h6-8,10-11H,9H2,1-5H3,(H,22,23,24);1H3,(H,3,4). The lowest BCUT2D eigenvalue weighted by Crippen LogP contribution is -2.28. The number of benzene rings is 1. The van der Waals surface area contributed by atoms with Crippen LogP contribution in [0, 0.1) is 12.7 Å². The van der Waals surface area contributed by atoms with Crippen molar-refractivity contribution in [2.45, 2.75) is 26.9 Å². The lowest BCUT2D eigenvalue weighted by atomic mass is 10.2. The highest BCUT2D eigenvalue weighted by Gasteiger charge is 2.20. The molecule has 0 aliphatic rings. The summed E-state index contributed by atoms with van der Waals surface area (Å²) in [6.45, 7) is 5.50. The molecular weight excluding hydrogens is 451 g/mol. The number of aromatic nitrogens is 2. The van der Waals surface area contributed by atoms with Crippen molar-refractivity contribution in [3.05, 3.63) is 40.8 Å². The maximum Gasteiger partial charge on any atom is 0.348 e. The first kappa shape index (κ1) is 25.9. The van der Waals surface area contributed by atoms with Crippen molar-refractivity contribution in [3.63, 3.8) is 0 Å². The second kappa shape index (κ2) is 11.5. The first-order chi connectivity index (χ1) is 15.5. The van der Waals surface area contributed by atoms with Crippen molar-refractivity contribution < 1.29 is 28.6 Å². The van der Waals surface area contributed by atoms with E-state index in [-0.39, 0.29) is 6.10 Å². The number of likely N-dealkylation sites (N-methyl/N-ethyl adjacent to an activating group) is 1. The molecule has 0 radical (unpaired) electrons. The molecule has 3 aromatic rings. The number of carbonyl (C=O) groups excluding carboxylic acids is 1. The minimum Gasteiger partial charge on any atom is -0.487 e. The van der Waals surface area contributed by atoms with Crippen LogP contribution in [-0.2, 0) is 9.53 Å². The van der Waals surface area contributed by atoms with Crippen LogP contribution in [0.5, 0.6) is 5.75 Å². The molecular formula is C22H27FN4O5S. The molecule has 2 aromatic heterocycles. The van der Waals surface area contributed by atoms with Gasteiger partial charge in [-0.05, 0) is 45.6 Å². The third-order valence-electron chi connectivity index (χ3n) is 4.24. The number of carboxylic acids is 1. The predicted molar refractivity (Wildman–Crippen MR) is 125 cm³/mol. The zero-order valence-corrected chi connectivity index (χ0v) is 20.1. The monoisotopic (exact) mass is 478 g/mol. The fourth-order valence-electron chi connectivity index (χ4n) is 3.05. The summed E-state index contributed by atoms with van der Waals surface area (Å²) in [5, 5.41) is 11.3. The maximum atomic E-state index is 13.9. The lowest BCUT2D eigenvalue weighted by molar-refractivity contribution is -0.134. The van der Waals surface area contributed by atoms with Crippen LogP contribution in [0.2, 0.25) is 0 Å². The van der Waals surface area contributed by atoms with Crippen molar-refractivity contribution in [1.82, 2.24) is 14.9 Å². The third kappa shape index (κ3) is 7.09. The van der Waals surface area contributed by atoms with E-state index in [4.69, 9.17) is 19.4 Å². The molecule has 0 amide bonds. The van der Waals surface area contributed by atoms with Gasteiger partial charge in [0, 0.05) is 19.5 Å². The van der Waals surface area contributed by atoms with E-state index in [0.717, 1.165) is 17.9 Å². The Bertz CT molecular complexity index is 1130. The quantitative estimate of drug-likeness (QED) is 0.485. The average molecular weight is 479 g/mol. The molecule has 1 atom stereocenters. The fourth-order valence-corrected chi connectivity index (χ4v) is 4.11. The van der Waals surface area contributed by atoms with Gasteiger partial charge in [0.05, 0.1) is 18.2 Å². The Labute approximate surface area is 195 Å². The summed E-state index contributed by atoms with van der Waals surface area (Å²) in [5.41, 5.74) is 1.30. The van der Waals surface area contributed by atoms with Crippen molar-refractivity contribution in [1.29, 1.82) is 0 Å². The van der Waals surface area contributed by atoms with Crippen LogP contribution in [0.3, 0.4) is 0 Å². The maximum absolute atomic E-state index is 13.9. The molecule has 33 heavy (non-hydrogen) atoms. The number of carbonyl (C=O) groups is 2. The number of hydrogen-bond acceptors (Lipinski definition) is 9. The minimum atomic E-state index is -0.833. The summed E-state index contributed by atoms with van der Waals surface area (Å²) >= 11 is 1.24. The van der Waals surface area contributed by atoms with Crippen LogP contribution in [-0.4, -0.2) is 65.8 Å². The van der Waals surface area contributed by atoms with Crippen LogP contribution >= 0.6 is 11.3 Å². The van der Waals surface area contributed by atoms with Gasteiger partial charge in [0.25, 0.3) is 5.97 Å². The van der Waals surface area contributed by atoms with E-state index in [9.17, 15) is 9.18 Å². The SMILES string of the molecule is CC(=O)O.COC(=O)c1sc2ncnc(Nc3ccc(F)cc3OC(C)CN(C)C)c2c1C. The van der Waals surface area contributed by atoms with Gasteiger partial charge in [-0.3, -0.25) is 4.79 Å². The van der Waals surface area contributed by atoms with E-state index in [0.29, 0.717) is 33.5 Å². The van der Waals surface area contributed by atoms with Crippen molar-refractivity contribution in [3.8, 4) is 5.75 Å². The molecule has 11 heteroatoms. The summed E-state index contributed by atoms with van der Waals surface area (Å²) in [6.07, 6.45) is 1.27. The van der Waals surface area contributed by atoms with Gasteiger partial charge in [0.1, 0.15) is 39.5 Å². The molecule has 0 aliphatic carbocycles. The van der Waals surface area contributed by atoms with Crippen LogP contribution < -0.4 is 10.1 Å². The Morgan fingerprint density at radius 3 is 2.58 bits per heavy atom. The Balaban J connectivity index is 0.000000890. The first-order valence-electron chi connectivity index (χ1n) is 9.93. The normalized spacial score (nSPS) is 11.5. The molecule has 2 heterocycles. The van der Waals surface area contributed by atoms with Crippen LogP contribution in [0.1, 0.15) is 29.1 Å². The number of thiophene rings is 1. The lowest BCUT2D eigenvalue weighted by Gasteiger charge is -2.21. The zero-order valence-electron chi connectivity index (χ0n) is 19.3. The molecule has 178 valence electrons. The van der Waals surface area contributed by atoms with E-state index in [1.54, 1.807) is 6.07 Å². The zero-order chi connectivity index (χ0) is 24.7. The van der Waals surface area contributed by atoms with Crippen molar-refractivity contribution >= 4 is 45.0 Å². The average Bonchev–Trinajstić information content (AvgIpc) is 3.06. The van der Waals surface area contributed by atoms with Gasteiger partial charge in [-0.1, -0.05) is 0 Å². The fraction of sp³-hybridized carbons (Fsp3) is 0.364. The Hall–Kier alpha value is -3.31. The van der Waals surface area contributed by atoms with Gasteiger partial charge in [-0.2, -0.15) is 0 Å². The van der Waals surface area contributed by atoms with Crippen LogP contribution in [0.15, 0.2) is 24.5 Å². The number of carboxylic acid groups (broad SMARTS) is 1. The number of rotatable bonds is 7. The number of nitrogens with zero attached hydrogens (tertiary/aromatic N) is 3. The second-order valence-electron chi connectivity index (χ2n) is 7.43. The molecule has 0 spiro atoms. The number of halogens is 1. The van der Waals surface area contributed by atoms with E-state index < -0.39 is 17.8 Å². The van der Waals surface area contributed by atoms with E-state index in [2.05, 4.69) is 15.3 Å². The molecule has 0 fully saturated rings. The number of anilines is 2. The predicted octanol–water partition coefficient (Wildman–Crippen LogP) is 4.09.